The van der Waals surface area contributed by atoms with Crippen LogP contribution in [0.4, 0.5) is 9.18 Å². The van der Waals surface area contributed by atoms with E-state index in [1.165, 1.54) is 36.1 Å². The number of likely N-dealkylation sites (N-methyl/N-ethyl adjacent to an activating group) is 1. The molecule has 4 amide bonds. The third-order valence-corrected chi connectivity index (χ3v) is 4.49. The summed E-state index contributed by atoms with van der Waals surface area (Å²) in [6.07, 6.45) is 0. The van der Waals surface area contributed by atoms with E-state index >= 15 is 0 Å². The van der Waals surface area contributed by atoms with Crippen LogP contribution in [-0.4, -0.2) is 46.4 Å². The first kappa shape index (κ1) is 18.6. The van der Waals surface area contributed by atoms with Gasteiger partial charge in [0.1, 0.15) is 29.4 Å². The predicted octanol–water partition coefficient (Wildman–Crippen LogP) is 1.55. The highest BCUT2D eigenvalue weighted by Gasteiger charge is 2.49. The van der Waals surface area contributed by atoms with Gasteiger partial charge in [0.25, 0.3) is 5.91 Å². The Morgan fingerprint density at radius 3 is 2.59 bits per heavy atom. The lowest BCUT2D eigenvalue weighted by Gasteiger charge is -2.23. The number of urea groups is 1. The SMILES string of the molecule is Cc1cc(CN(C)C(=O)CN2C(=O)N[C@@](C)(c3ccc(F)cc3)C2=O)no1. The quantitative estimate of drug-likeness (QED) is 0.801. The molecule has 8 nitrogen and oxygen atoms in total. The molecule has 3 rings (SSSR count). The molecule has 1 atom stereocenters. The fraction of sp³-hybridized carbons (Fsp3) is 0.333. The summed E-state index contributed by atoms with van der Waals surface area (Å²) in [4.78, 5) is 39.7. The lowest BCUT2D eigenvalue weighted by Crippen LogP contribution is -2.43. The number of hydrogen-bond donors (Lipinski definition) is 1. The average Bonchev–Trinajstić information content (AvgIpc) is 3.12. The molecule has 1 aliphatic rings. The third-order valence-electron chi connectivity index (χ3n) is 4.49. The summed E-state index contributed by atoms with van der Waals surface area (Å²) >= 11 is 0. The van der Waals surface area contributed by atoms with Crippen LogP contribution in [-0.2, 0) is 21.7 Å². The van der Waals surface area contributed by atoms with Crippen LogP contribution in [0.25, 0.3) is 0 Å². The largest absolute Gasteiger partial charge is 0.361 e. The maximum absolute atomic E-state index is 13.1. The molecular formula is C18H19FN4O4. The Bertz CT molecular complexity index is 895. The van der Waals surface area contributed by atoms with Crippen LogP contribution >= 0.6 is 0 Å². The summed E-state index contributed by atoms with van der Waals surface area (Å²) in [6.45, 7) is 3.04. The molecule has 0 spiro atoms. The second kappa shape index (κ2) is 6.82. The number of aryl methyl sites for hydroxylation is 1. The van der Waals surface area contributed by atoms with Gasteiger partial charge in [-0.1, -0.05) is 17.3 Å². The number of halogens is 1. The standard InChI is InChI=1S/C18H19FN4O4/c1-11-8-14(21-27-11)9-22(3)15(24)10-23-16(25)18(2,20-17(23)26)12-4-6-13(19)7-5-12/h4-8H,9-10H2,1-3H3,(H,20,26)/t18-/m0/s1. The Morgan fingerprint density at radius 2 is 2.00 bits per heavy atom. The predicted molar refractivity (Wildman–Crippen MR) is 91.7 cm³/mol. The molecular weight excluding hydrogens is 355 g/mol. The molecule has 1 fully saturated rings. The minimum Gasteiger partial charge on any atom is -0.361 e. The van der Waals surface area contributed by atoms with Gasteiger partial charge < -0.3 is 14.7 Å². The number of nitrogens with zero attached hydrogens (tertiary/aromatic N) is 3. The van der Waals surface area contributed by atoms with Crippen LogP contribution in [0.1, 0.15) is 23.9 Å². The lowest BCUT2D eigenvalue weighted by atomic mass is 9.92. The van der Waals surface area contributed by atoms with Crippen molar-refractivity contribution in [3.63, 3.8) is 0 Å². The molecule has 0 radical (unpaired) electrons. The molecule has 142 valence electrons. The number of nitrogens with one attached hydrogen (secondary N) is 1. The molecule has 0 unspecified atom stereocenters. The Morgan fingerprint density at radius 1 is 1.33 bits per heavy atom. The zero-order chi connectivity index (χ0) is 19.8. The number of imide groups is 1. The molecule has 1 N–H and O–H groups in total. The maximum atomic E-state index is 13.1. The third kappa shape index (κ3) is 3.53. The molecule has 2 heterocycles. The number of amides is 4. The second-order valence-electron chi connectivity index (χ2n) is 6.63. The summed E-state index contributed by atoms with van der Waals surface area (Å²) in [7, 11) is 1.55. The van der Waals surface area contributed by atoms with Gasteiger partial charge in [-0.15, -0.1) is 0 Å². The number of aromatic nitrogens is 1. The van der Waals surface area contributed by atoms with Gasteiger partial charge in [-0.05, 0) is 31.5 Å². The van der Waals surface area contributed by atoms with Crippen LogP contribution in [0.5, 0.6) is 0 Å². The summed E-state index contributed by atoms with van der Waals surface area (Å²) in [5, 5.41) is 6.39. The molecule has 1 aromatic carbocycles. The van der Waals surface area contributed by atoms with Gasteiger partial charge in [0.2, 0.25) is 5.91 Å². The minimum atomic E-state index is -1.35. The van der Waals surface area contributed by atoms with Crippen molar-refractivity contribution in [2.45, 2.75) is 25.9 Å². The van der Waals surface area contributed by atoms with Gasteiger partial charge in [-0.25, -0.2) is 9.18 Å². The van der Waals surface area contributed by atoms with Crippen molar-refractivity contribution in [1.29, 1.82) is 0 Å². The van der Waals surface area contributed by atoms with Crippen molar-refractivity contribution in [3.05, 3.63) is 53.2 Å². The summed E-state index contributed by atoms with van der Waals surface area (Å²) < 4.78 is 18.1. The first-order valence-electron chi connectivity index (χ1n) is 8.27. The van der Waals surface area contributed by atoms with Crippen LogP contribution in [0.3, 0.4) is 0 Å². The maximum Gasteiger partial charge on any atom is 0.325 e. The van der Waals surface area contributed by atoms with Gasteiger partial charge in [0.15, 0.2) is 0 Å². The summed E-state index contributed by atoms with van der Waals surface area (Å²) in [5.41, 5.74) is -0.354. The highest BCUT2D eigenvalue weighted by molar-refractivity contribution is 6.09. The van der Waals surface area contributed by atoms with Gasteiger partial charge >= 0.3 is 6.03 Å². The fourth-order valence-corrected chi connectivity index (χ4v) is 2.90. The molecule has 1 saturated heterocycles. The van der Waals surface area contributed by atoms with Gasteiger partial charge in [-0.2, -0.15) is 0 Å². The minimum absolute atomic E-state index is 0.190. The van der Waals surface area contributed by atoms with Gasteiger partial charge in [0, 0.05) is 13.1 Å². The van der Waals surface area contributed by atoms with E-state index in [2.05, 4.69) is 10.5 Å². The van der Waals surface area contributed by atoms with Crippen LogP contribution in [0.15, 0.2) is 34.9 Å². The zero-order valence-electron chi connectivity index (χ0n) is 15.2. The molecule has 9 heteroatoms. The first-order chi connectivity index (χ1) is 12.7. The monoisotopic (exact) mass is 374 g/mol. The Balaban J connectivity index is 1.71. The Kier molecular flexibility index (Phi) is 4.69. The Labute approximate surface area is 154 Å². The number of rotatable bonds is 5. The van der Waals surface area contributed by atoms with Crippen molar-refractivity contribution in [3.8, 4) is 0 Å². The van der Waals surface area contributed by atoms with Gasteiger partial charge in [0.05, 0.1) is 6.54 Å². The summed E-state index contributed by atoms with van der Waals surface area (Å²) in [5.74, 6) is -0.827. The molecule has 2 aromatic rings. The van der Waals surface area contributed by atoms with Gasteiger partial charge in [-0.3, -0.25) is 14.5 Å². The number of hydrogen-bond acceptors (Lipinski definition) is 5. The average molecular weight is 374 g/mol. The highest BCUT2D eigenvalue weighted by Crippen LogP contribution is 2.28. The second-order valence-corrected chi connectivity index (χ2v) is 6.63. The lowest BCUT2D eigenvalue weighted by molar-refractivity contribution is -0.138. The van der Waals surface area contributed by atoms with Crippen molar-refractivity contribution in [2.24, 2.45) is 0 Å². The van der Waals surface area contributed by atoms with Crippen molar-refractivity contribution >= 4 is 17.8 Å². The number of benzene rings is 1. The van der Waals surface area contributed by atoms with E-state index in [0.717, 1.165) is 4.90 Å². The van der Waals surface area contributed by atoms with E-state index in [1.54, 1.807) is 20.0 Å². The number of carbonyl (C=O) groups is 3. The molecule has 1 aliphatic heterocycles. The normalized spacial score (nSPS) is 19.3. The van der Waals surface area contributed by atoms with E-state index in [4.69, 9.17) is 4.52 Å². The Hall–Kier alpha value is -3.23. The van der Waals surface area contributed by atoms with Crippen LogP contribution in [0, 0.1) is 12.7 Å². The van der Waals surface area contributed by atoms with E-state index in [0.29, 0.717) is 17.0 Å². The topological polar surface area (TPSA) is 95.8 Å². The zero-order valence-corrected chi connectivity index (χ0v) is 15.2. The highest BCUT2D eigenvalue weighted by atomic mass is 19.1. The van der Waals surface area contributed by atoms with E-state index < -0.39 is 35.7 Å². The molecule has 1 aromatic heterocycles. The van der Waals surface area contributed by atoms with Crippen molar-refractivity contribution in [2.75, 3.05) is 13.6 Å². The smallest absolute Gasteiger partial charge is 0.325 e. The first-order valence-corrected chi connectivity index (χ1v) is 8.27. The van der Waals surface area contributed by atoms with Crippen molar-refractivity contribution < 1.29 is 23.3 Å². The van der Waals surface area contributed by atoms with Crippen LogP contribution in [0.2, 0.25) is 0 Å². The summed E-state index contributed by atoms with van der Waals surface area (Å²) in [6, 6.07) is 6.30. The molecule has 27 heavy (non-hydrogen) atoms. The fourth-order valence-electron chi connectivity index (χ4n) is 2.90. The van der Waals surface area contributed by atoms with Crippen LogP contribution < -0.4 is 5.32 Å². The number of carbonyl (C=O) groups excluding carboxylic acids is 3. The molecule has 0 saturated carbocycles. The van der Waals surface area contributed by atoms with Crippen molar-refractivity contribution in [1.82, 2.24) is 20.3 Å². The van der Waals surface area contributed by atoms with E-state index in [1.807, 2.05) is 0 Å². The molecule has 0 aliphatic carbocycles. The molecule has 0 bridgehead atoms. The van der Waals surface area contributed by atoms with E-state index in [9.17, 15) is 18.8 Å². The van der Waals surface area contributed by atoms with E-state index in [-0.39, 0.29) is 6.54 Å².